The quantitative estimate of drug-likeness (QED) is 0.534. The number of carbonyl (C=O) groups excluding carboxylic acids is 1. The van der Waals surface area contributed by atoms with Gasteiger partial charge in [-0.05, 0) is 49.4 Å². The Labute approximate surface area is 179 Å². The molecule has 0 spiro atoms. The fraction of sp³-hybridized carbons (Fsp3) is 0.476. The maximum atomic E-state index is 12.5. The van der Waals surface area contributed by atoms with Crippen molar-refractivity contribution in [2.75, 3.05) is 0 Å². The van der Waals surface area contributed by atoms with Gasteiger partial charge in [-0.3, -0.25) is 4.79 Å². The summed E-state index contributed by atoms with van der Waals surface area (Å²) in [5.41, 5.74) is 0.831. The van der Waals surface area contributed by atoms with Crippen LogP contribution in [0.25, 0.3) is 11.4 Å². The lowest BCUT2D eigenvalue weighted by Gasteiger charge is -2.18. The standard InChI is InChI=1S/C21H24ClN5O3/c1-12(2)18(21-25-20(27-30-21)13-6-7-13)23-16(28)4-3-5-17-24-19(26-29-17)14-8-10-15(22)11-9-14/h8-13,18H,3-7H2,1-2H3,(H,23,28). The van der Waals surface area contributed by atoms with Crippen molar-refractivity contribution in [2.24, 2.45) is 5.92 Å². The Kier molecular flexibility index (Phi) is 6.13. The van der Waals surface area contributed by atoms with E-state index in [9.17, 15) is 4.79 Å². The van der Waals surface area contributed by atoms with E-state index in [2.05, 4.69) is 25.6 Å². The van der Waals surface area contributed by atoms with Gasteiger partial charge in [0.05, 0.1) is 0 Å². The van der Waals surface area contributed by atoms with Crippen molar-refractivity contribution in [3.8, 4) is 11.4 Å². The van der Waals surface area contributed by atoms with Crippen molar-refractivity contribution in [2.45, 2.75) is 57.9 Å². The summed E-state index contributed by atoms with van der Waals surface area (Å²) in [5, 5.41) is 11.7. The zero-order chi connectivity index (χ0) is 21.1. The topological polar surface area (TPSA) is 107 Å². The highest BCUT2D eigenvalue weighted by molar-refractivity contribution is 6.30. The van der Waals surface area contributed by atoms with Gasteiger partial charge in [0.15, 0.2) is 5.82 Å². The molecule has 3 aromatic rings. The van der Waals surface area contributed by atoms with Gasteiger partial charge in [0, 0.05) is 29.3 Å². The van der Waals surface area contributed by atoms with Gasteiger partial charge in [0.1, 0.15) is 6.04 Å². The molecule has 2 aromatic heterocycles. The number of benzene rings is 1. The van der Waals surface area contributed by atoms with Crippen molar-refractivity contribution < 1.29 is 13.8 Å². The third-order valence-corrected chi connectivity index (χ3v) is 5.27. The molecule has 1 aromatic carbocycles. The third kappa shape index (κ3) is 5.05. The molecule has 1 unspecified atom stereocenters. The Hall–Kier alpha value is -2.74. The van der Waals surface area contributed by atoms with Gasteiger partial charge in [-0.2, -0.15) is 9.97 Å². The van der Waals surface area contributed by atoms with E-state index in [1.165, 1.54) is 0 Å². The van der Waals surface area contributed by atoms with Crippen LogP contribution in [0, 0.1) is 5.92 Å². The van der Waals surface area contributed by atoms with E-state index in [1.54, 1.807) is 12.1 Å². The molecule has 0 bridgehead atoms. The second kappa shape index (κ2) is 8.95. The highest BCUT2D eigenvalue weighted by Gasteiger charge is 2.31. The summed E-state index contributed by atoms with van der Waals surface area (Å²) in [7, 11) is 0. The lowest BCUT2D eigenvalue weighted by Crippen LogP contribution is -2.31. The number of nitrogens with one attached hydrogen (secondary N) is 1. The van der Waals surface area contributed by atoms with Crippen LogP contribution < -0.4 is 5.32 Å². The summed E-state index contributed by atoms with van der Waals surface area (Å²) in [6.07, 6.45) is 3.66. The first-order valence-electron chi connectivity index (χ1n) is 10.2. The van der Waals surface area contributed by atoms with Gasteiger partial charge in [-0.15, -0.1) is 0 Å². The molecule has 2 heterocycles. The molecular weight excluding hydrogens is 406 g/mol. The molecule has 1 aliphatic rings. The summed E-state index contributed by atoms with van der Waals surface area (Å²) in [6, 6.07) is 6.93. The molecule has 0 aliphatic heterocycles. The molecule has 1 atom stereocenters. The highest BCUT2D eigenvalue weighted by atomic mass is 35.5. The monoisotopic (exact) mass is 429 g/mol. The number of aromatic nitrogens is 4. The molecule has 1 amide bonds. The fourth-order valence-electron chi connectivity index (χ4n) is 3.11. The summed E-state index contributed by atoms with van der Waals surface area (Å²) < 4.78 is 10.7. The third-order valence-electron chi connectivity index (χ3n) is 5.01. The molecule has 1 N–H and O–H groups in total. The summed E-state index contributed by atoms with van der Waals surface area (Å²) in [5.74, 6) is 2.71. The summed E-state index contributed by atoms with van der Waals surface area (Å²) >= 11 is 5.90. The molecule has 1 aliphatic carbocycles. The van der Waals surface area contributed by atoms with Gasteiger partial charge in [-0.1, -0.05) is 35.8 Å². The van der Waals surface area contributed by atoms with E-state index < -0.39 is 0 Å². The number of carbonyl (C=O) groups is 1. The van der Waals surface area contributed by atoms with Crippen LogP contribution in [-0.4, -0.2) is 26.2 Å². The van der Waals surface area contributed by atoms with Crippen LogP contribution in [-0.2, 0) is 11.2 Å². The van der Waals surface area contributed by atoms with Crippen molar-refractivity contribution >= 4 is 17.5 Å². The van der Waals surface area contributed by atoms with Crippen LogP contribution in [0.3, 0.4) is 0 Å². The van der Waals surface area contributed by atoms with Gasteiger partial charge < -0.3 is 14.4 Å². The van der Waals surface area contributed by atoms with Crippen LogP contribution in [0.1, 0.15) is 69.1 Å². The van der Waals surface area contributed by atoms with E-state index in [0.717, 1.165) is 24.2 Å². The Morgan fingerprint density at radius 2 is 1.93 bits per heavy atom. The molecule has 4 rings (SSSR count). The Morgan fingerprint density at radius 3 is 2.63 bits per heavy atom. The predicted octanol–water partition coefficient (Wildman–Crippen LogP) is 4.49. The van der Waals surface area contributed by atoms with Crippen molar-refractivity contribution in [3.05, 3.63) is 46.9 Å². The smallest absolute Gasteiger partial charge is 0.249 e. The average Bonchev–Trinajstić information content (AvgIpc) is 3.27. The predicted molar refractivity (Wildman–Crippen MR) is 110 cm³/mol. The maximum absolute atomic E-state index is 12.5. The minimum absolute atomic E-state index is 0.0719. The number of amides is 1. The molecule has 30 heavy (non-hydrogen) atoms. The zero-order valence-corrected chi connectivity index (χ0v) is 17.7. The lowest BCUT2D eigenvalue weighted by molar-refractivity contribution is -0.122. The van der Waals surface area contributed by atoms with E-state index in [0.29, 0.717) is 47.8 Å². The summed E-state index contributed by atoms with van der Waals surface area (Å²) in [4.78, 5) is 21.3. The lowest BCUT2D eigenvalue weighted by atomic mass is 10.0. The maximum Gasteiger partial charge on any atom is 0.249 e. The minimum atomic E-state index is -0.294. The van der Waals surface area contributed by atoms with Crippen molar-refractivity contribution in [1.82, 2.24) is 25.6 Å². The van der Waals surface area contributed by atoms with Gasteiger partial charge >= 0.3 is 0 Å². The van der Waals surface area contributed by atoms with Gasteiger partial charge in [-0.25, -0.2) is 0 Å². The van der Waals surface area contributed by atoms with Gasteiger partial charge in [0.25, 0.3) is 0 Å². The SMILES string of the molecule is CC(C)C(NC(=O)CCCc1nc(-c2ccc(Cl)cc2)no1)c1nc(C2CC2)no1. The normalized spacial score (nSPS) is 14.8. The van der Waals surface area contributed by atoms with Crippen LogP contribution in [0.5, 0.6) is 0 Å². The largest absolute Gasteiger partial charge is 0.344 e. The number of rotatable bonds is 9. The van der Waals surface area contributed by atoms with Crippen molar-refractivity contribution in [3.63, 3.8) is 0 Å². The van der Waals surface area contributed by atoms with E-state index in [-0.39, 0.29) is 17.9 Å². The Bertz CT molecular complexity index is 994. The van der Waals surface area contributed by atoms with E-state index in [1.807, 2.05) is 26.0 Å². The Morgan fingerprint density at radius 1 is 1.17 bits per heavy atom. The first kappa shape index (κ1) is 20.5. The molecule has 0 radical (unpaired) electrons. The number of hydrogen-bond acceptors (Lipinski definition) is 7. The van der Waals surface area contributed by atoms with Crippen LogP contribution in [0.4, 0.5) is 0 Å². The van der Waals surface area contributed by atoms with Crippen LogP contribution >= 0.6 is 11.6 Å². The average molecular weight is 430 g/mol. The van der Waals surface area contributed by atoms with Crippen molar-refractivity contribution in [1.29, 1.82) is 0 Å². The van der Waals surface area contributed by atoms with E-state index in [4.69, 9.17) is 20.6 Å². The number of nitrogens with zero attached hydrogens (tertiary/aromatic N) is 4. The molecule has 1 fully saturated rings. The molecule has 8 nitrogen and oxygen atoms in total. The second-order valence-electron chi connectivity index (χ2n) is 7.93. The number of halogens is 1. The zero-order valence-electron chi connectivity index (χ0n) is 17.0. The molecule has 0 saturated heterocycles. The minimum Gasteiger partial charge on any atom is -0.344 e. The van der Waals surface area contributed by atoms with Crippen LogP contribution in [0.15, 0.2) is 33.3 Å². The molecular formula is C21H24ClN5O3. The first-order valence-corrected chi connectivity index (χ1v) is 10.6. The van der Waals surface area contributed by atoms with E-state index >= 15 is 0 Å². The molecule has 1 saturated carbocycles. The summed E-state index contributed by atoms with van der Waals surface area (Å²) in [6.45, 7) is 4.03. The second-order valence-corrected chi connectivity index (χ2v) is 8.36. The molecule has 9 heteroatoms. The van der Waals surface area contributed by atoms with Crippen LogP contribution in [0.2, 0.25) is 5.02 Å². The molecule has 158 valence electrons. The fourth-order valence-corrected chi connectivity index (χ4v) is 3.24. The number of aryl methyl sites for hydroxylation is 1. The first-order chi connectivity index (χ1) is 14.5. The number of hydrogen-bond donors (Lipinski definition) is 1. The van der Waals surface area contributed by atoms with Gasteiger partial charge in [0.2, 0.25) is 23.5 Å². The Balaban J connectivity index is 1.28. The highest BCUT2D eigenvalue weighted by Crippen LogP contribution is 2.38.